The standard InChI is InChI=1S/C24H23F5N2O4S/c1-36(34,35)15-7-9-18(25)17(12-15)23(33)31-10-2-3-20(31)22(32)30-21(13-4-5-13)16-8-6-14(11-19(16)26)24(27,28)29/h6-9,11-13,20-21H,2-5,10H2,1H3,(H,30,32)/t20-,21?/m1/s1. The van der Waals surface area contributed by atoms with Crippen LogP contribution >= 0.6 is 0 Å². The first-order valence-electron chi connectivity index (χ1n) is 11.2. The largest absolute Gasteiger partial charge is 0.416 e. The van der Waals surface area contributed by atoms with Gasteiger partial charge in [0.1, 0.15) is 17.7 Å². The van der Waals surface area contributed by atoms with Gasteiger partial charge >= 0.3 is 6.18 Å². The number of rotatable bonds is 6. The van der Waals surface area contributed by atoms with E-state index in [-0.39, 0.29) is 29.3 Å². The Labute approximate surface area is 204 Å². The minimum absolute atomic E-state index is 0.0818. The molecule has 0 bridgehead atoms. The van der Waals surface area contributed by atoms with Crippen molar-refractivity contribution in [1.29, 1.82) is 0 Å². The molecule has 0 aromatic heterocycles. The summed E-state index contributed by atoms with van der Waals surface area (Å²) in [6.07, 6.45) is -1.87. The maximum absolute atomic E-state index is 14.6. The fourth-order valence-electron chi connectivity index (χ4n) is 4.42. The summed E-state index contributed by atoms with van der Waals surface area (Å²) < 4.78 is 91.5. The molecule has 194 valence electrons. The van der Waals surface area contributed by atoms with E-state index in [0.717, 1.165) is 41.5 Å². The van der Waals surface area contributed by atoms with Crippen LogP contribution in [0.2, 0.25) is 0 Å². The van der Waals surface area contributed by atoms with E-state index in [1.165, 1.54) is 0 Å². The average Bonchev–Trinajstić information content (AvgIpc) is 3.51. The van der Waals surface area contributed by atoms with Crippen molar-refractivity contribution in [3.05, 3.63) is 64.7 Å². The Bertz CT molecular complexity index is 1310. The lowest BCUT2D eigenvalue weighted by Gasteiger charge is -2.27. The minimum atomic E-state index is -4.72. The number of halogens is 5. The number of nitrogens with one attached hydrogen (secondary N) is 1. The Balaban J connectivity index is 1.56. The molecule has 2 fully saturated rings. The van der Waals surface area contributed by atoms with E-state index in [1.807, 2.05) is 0 Å². The first kappa shape index (κ1) is 26.1. The van der Waals surface area contributed by atoms with Crippen LogP contribution in [-0.2, 0) is 20.8 Å². The lowest BCUT2D eigenvalue weighted by Crippen LogP contribution is -2.47. The number of nitrogens with zero attached hydrogens (tertiary/aromatic N) is 1. The van der Waals surface area contributed by atoms with Gasteiger partial charge in [0.15, 0.2) is 9.84 Å². The molecular formula is C24H23F5N2O4S. The zero-order valence-corrected chi connectivity index (χ0v) is 19.9. The molecule has 1 aliphatic heterocycles. The van der Waals surface area contributed by atoms with Crippen LogP contribution in [0.4, 0.5) is 22.0 Å². The highest BCUT2D eigenvalue weighted by Crippen LogP contribution is 2.43. The number of hydrogen-bond acceptors (Lipinski definition) is 4. The predicted octanol–water partition coefficient (Wildman–Crippen LogP) is 4.26. The summed E-state index contributed by atoms with van der Waals surface area (Å²) in [4.78, 5) is 27.1. The maximum Gasteiger partial charge on any atom is 0.416 e. The van der Waals surface area contributed by atoms with E-state index in [9.17, 15) is 40.0 Å². The zero-order chi connectivity index (χ0) is 26.4. The molecule has 1 N–H and O–H groups in total. The number of carbonyl (C=O) groups is 2. The molecule has 1 heterocycles. The number of benzene rings is 2. The lowest BCUT2D eigenvalue weighted by atomic mass is 9.99. The second-order valence-electron chi connectivity index (χ2n) is 9.13. The van der Waals surface area contributed by atoms with E-state index in [1.54, 1.807) is 0 Å². The third-order valence-corrected chi connectivity index (χ3v) is 7.58. The van der Waals surface area contributed by atoms with E-state index < -0.39 is 62.7 Å². The molecule has 1 unspecified atom stereocenters. The minimum Gasteiger partial charge on any atom is -0.347 e. The van der Waals surface area contributed by atoms with Gasteiger partial charge < -0.3 is 10.2 Å². The van der Waals surface area contributed by atoms with Crippen molar-refractivity contribution in [3.63, 3.8) is 0 Å². The van der Waals surface area contributed by atoms with Crippen LogP contribution in [-0.4, -0.2) is 44.0 Å². The van der Waals surface area contributed by atoms with Crippen LogP contribution in [0.1, 0.15) is 53.2 Å². The molecule has 6 nitrogen and oxygen atoms in total. The highest BCUT2D eigenvalue weighted by atomic mass is 32.2. The number of amides is 2. The van der Waals surface area contributed by atoms with Gasteiger partial charge in [-0.2, -0.15) is 13.2 Å². The van der Waals surface area contributed by atoms with E-state index >= 15 is 0 Å². The van der Waals surface area contributed by atoms with Gasteiger partial charge in [-0.3, -0.25) is 9.59 Å². The molecule has 0 radical (unpaired) electrons. The maximum atomic E-state index is 14.6. The van der Waals surface area contributed by atoms with E-state index in [0.29, 0.717) is 25.3 Å². The molecule has 2 atom stereocenters. The highest BCUT2D eigenvalue weighted by molar-refractivity contribution is 7.90. The number of hydrogen-bond donors (Lipinski definition) is 1. The van der Waals surface area contributed by atoms with E-state index in [4.69, 9.17) is 0 Å². The Morgan fingerprint density at radius 3 is 2.31 bits per heavy atom. The van der Waals surface area contributed by atoms with Crippen molar-refractivity contribution in [2.45, 2.75) is 48.8 Å². The third-order valence-electron chi connectivity index (χ3n) is 6.47. The van der Waals surface area contributed by atoms with E-state index in [2.05, 4.69) is 5.32 Å². The quantitative estimate of drug-likeness (QED) is 0.447. The summed E-state index contributed by atoms with van der Waals surface area (Å²) in [5.74, 6) is -3.71. The second kappa shape index (κ2) is 9.45. The molecule has 2 aliphatic rings. The number of likely N-dealkylation sites (tertiary alicyclic amines) is 1. The monoisotopic (exact) mass is 530 g/mol. The lowest BCUT2D eigenvalue weighted by molar-refractivity contribution is -0.137. The summed E-state index contributed by atoms with van der Waals surface area (Å²) >= 11 is 0. The molecule has 1 aliphatic carbocycles. The van der Waals surface area contributed by atoms with Crippen molar-refractivity contribution >= 4 is 21.7 Å². The van der Waals surface area contributed by atoms with Crippen molar-refractivity contribution in [3.8, 4) is 0 Å². The summed E-state index contributed by atoms with van der Waals surface area (Å²) in [6.45, 7) is 0.113. The van der Waals surface area contributed by atoms with Gasteiger partial charge in [-0.05, 0) is 61.9 Å². The van der Waals surface area contributed by atoms with Crippen molar-refractivity contribution in [1.82, 2.24) is 10.2 Å². The van der Waals surface area contributed by atoms with Crippen LogP contribution in [0.3, 0.4) is 0 Å². The van der Waals surface area contributed by atoms with Crippen LogP contribution in [0.15, 0.2) is 41.3 Å². The van der Waals surface area contributed by atoms with Gasteiger partial charge in [-0.25, -0.2) is 17.2 Å². The molecule has 36 heavy (non-hydrogen) atoms. The average molecular weight is 531 g/mol. The molecule has 1 saturated carbocycles. The SMILES string of the molecule is CS(=O)(=O)c1ccc(F)c(C(=O)N2CCC[C@@H]2C(=O)NC(c2ccc(C(F)(F)F)cc2F)C2CC2)c1. The molecule has 1 saturated heterocycles. The molecular weight excluding hydrogens is 507 g/mol. The molecule has 0 spiro atoms. The first-order valence-corrected chi connectivity index (χ1v) is 13.1. The van der Waals surface area contributed by atoms with Crippen LogP contribution < -0.4 is 5.32 Å². The van der Waals surface area contributed by atoms with Crippen LogP contribution in [0.5, 0.6) is 0 Å². The second-order valence-corrected chi connectivity index (χ2v) is 11.1. The summed E-state index contributed by atoms with van der Waals surface area (Å²) in [5.41, 5.74) is -1.72. The van der Waals surface area contributed by atoms with Crippen molar-refractivity contribution in [2.75, 3.05) is 12.8 Å². The van der Waals surface area contributed by atoms with Gasteiger partial charge in [-0.1, -0.05) is 6.07 Å². The van der Waals surface area contributed by atoms with Crippen molar-refractivity contribution < 1.29 is 40.0 Å². The highest BCUT2D eigenvalue weighted by Gasteiger charge is 2.41. The Morgan fingerprint density at radius 2 is 1.72 bits per heavy atom. The van der Waals surface area contributed by atoms with Gasteiger partial charge in [0.05, 0.1) is 22.1 Å². The smallest absolute Gasteiger partial charge is 0.347 e. The fourth-order valence-corrected chi connectivity index (χ4v) is 5.07. The summed E-state index contributed by atoms with van der Waals surface area (Å²) in [5, 5.41) is 2.68. The molecule has 12 heteroatoms. The molecule has 2 amide bonds. The first-order chi connectivity index (χ1) is 16.8. The van der Waals surface area contributed by atoms with Crippen LogP contribution in [0.25, 0.3) is 0 Å². The van der Waals surface area contributed by atoms with Crippen LogP contribution in [0, 0.1) is 17.6 Å². The Morgan fingerprint density at radius 1 is 1.03 bits per heavy atom. The molecule has 2 aromatic rings. The number of carbonyl (C=O) groups excluding carboxylic acids is 2. The zero-order valence-electron chi connectivity index (χ0n) is 19.1. The Hall–Kier alpha value is -3.02. The Kier molecular flexibility index (Phi) is 6.84. The van der Waals surface area contributed by atoms with Crippen molar-refractivity contribution in [2.24, 2.45) is 5.92 Å². The van der Waals surface area contributed by atoms with Gasteiger partial charge in [0.2, 0.25) is 5.91 Å². The fraction of sp³-hybridized carbons (Fsp3) is 0.417. The van der Waals surface area contributed by atoms with Gasteiger partial charge in [-0.15, -0.1) is 0 Å². The summed E-state index contributed by atoms with van der Waals surface area (Å²) in [7, 11) is -3.72. The topological polar surface area (TPSA) is 83.6 Å². The van der Waals surface area contributed by atoms with Gasteiger partial charge in [0, 0.05) is 18.4 Å². The van der Waals surface area contributed by atoms with Gasteiger partial charge in [0.25, 0.3) is 5.91 Å². The molecule has 4 rings (SSSR count). The molecule has 2 aromatic carbocycles. The normalized spacial score (nSPS) is 19.3. The third kappa shape index (κ3) is 5.37. The number of sulfone groups is 1. The summed E-state index contributed by atoms with van der Waals surface area (Å²) in [6, 6.07) is 3.05. The number of alkyl halides is 3. The predicted molar refractivity (Wildman–Crippen MR) is 119 cm³/mol.